The van der Waals surface area contributed by atoms with Gasteiger partial charge in [0.1, 0.15) is 17.6 Å². The van der Waals surface area contributed by atoms with Gasteiger partial charge in [0.25, 0.3) is 5.56 Å². The van der Waals surface area contributed by atoms with Crippen molar-refractivity contribution in [2.45, 2.75) is 96.2 Å². The zero-order valence-corrected chi connectivity index (χ0v) is 23.8. The van der Waals surface area contributed by atoms with Crippen molar-refractivity contribution in [2.24, 2.45) is 17.3 Å². The number of rotatable bonds is 7. The van der Waals surface area contributed by atoms with Crippen molar-refractivity contribution in [3.8, 4) is 0 Å². The molecular formula is C29H36BF3N4O4. The van der Waals surface area contributed by atoms with Crippen molar-refractivity contribution in [3.63, 3.8) is 0 Å². The Kier molecular flexibility index (Phi) is 6.80. The van der Waals surface area contributed by atoms with Gasteiger partial charge < -0.3 is 19.9 Å². The van der Waals surface area contributed by atoms with Crippen molar-refractivity contribution in [3.05, 3.63) is 57.8 Å². The van der Waals surface area contributed by atoms with E-state index in [0.717, 1.165) is 25.0 Å². The minimum absolute atomic E-state index is 0.00388. The summed E-state index contributed by atoms with van der Waals surface area (Å²) in [4.78, 5) is 31.3. The van der Waals surface area contributed by atoms with Gasteiger partial charge in [0, 0.05) is 13.0 Å². The number of anilines is 1. The maximum atomic E-state index is 13.5. The van der Waals surface area contributed by atoms with Gasteiger partial charge in [-0.15, -0.1) is 0 Å². The predicted molar refractivity (Wildman–Crippen MR) is 147 cm³/mol. The summed E-state index contributed by atoms with van der Waals surface area (Å²) < 4.78 is 53.6. The largest absolute Gasteiger partial charge is 0.481 e. The summed E-state index contributed by atoms with van der Waals surface area (Å²) in [7, 11) is -0.565. The normalized spacial score (nSPS) is 30.3. The van der Waals surface area contributed by atoms with Crippen molar-refractivity contribution >= 4 is 18.7 Å². The summed E-state index contributed by atoms with van der Waals surface area (Å²) in [5.74, 6) is 0.863. The lowest BCUT2D eigenvalue weighted by Gasteiger charge is -2.63. The van der Waals surface area contributed by atoms with Crippen LogP contribution in [-0.2, 0) is 33.2 Å². The first-order valence-corrected chi connectivity index (χ1v) is 14.5. The monoisotopic (exact) mass is 572 g/mol. The summed E-state index contributed by atoms with van der Waals surface area (Å²) in [6.45, 7) is 8.69. The molecule has 1 saturated heterocycles. The molecule has 7 rings (SSSR count). The summed E-state index contributed by atoms with van der Waals surface area (Å²) in [5, 5.41) is 6.00. The summed E-state index contributed by atoms with van der Waals surface area (Å²) >= 11 is 0. The standard InChI is InChI=1S/C29H36BF3N4O4/c1-5-22(30-40-24-19-12-18(27(19,2)3)13-28(24,4)41-30)36-25(38)21-9-10-23-35-15-20(26(39)37(21)23)34-14-16-7-6-8-17(11-16)29(31,32)33/h6-8,11,15,18-19,21-22,24,34H,5,9-10,12-14H2,1-4H3,(H,36,38)/t18?,19?,21-,22-,24+,28-/m0/s1. The van der Waals surface area contributed by atoms with Gasteiger partial charge in [-0.2, -0.15) is 13.2 Å². The summed E-state index contributed by atoms with van der Waals surface area (Å²) in [6, 6.07) is 4.17. The molecule has 2 bridgehead atoms. The molecule has 0 radical (unpaired) electrons. The first-order valence-electron chi connectivity index (χ1n) is 14.5. The van der Waals surface area contributed by atoms with Gasteiger partial charge in [-0.25, -0.2) is 4.98 Å². The van der Waals surface area contributed by atoms with Crippen LogP contribution in [0.1, 0.15) is 76.4 Å². The number of benzene rings is 1. The second kappa shape index (κ2) is 9.86. The number of nitrogens with zero attached hydrogens (tertiary/aromatic N) is 2. The van der Waals surface area contributed by atoms with E-state index in [9.17, 15) is 22.8 Å². The molecule has 6 atom stereocenters. The number of aromatic nitrogens is 2. The Morgan fingerprint density at radius 1 is 1.29 bits per heavy atom. The molecule has 5 aliphatic rings. The van der Waals surface area contributed by atoms with Crippen LogP contribution in [-0.4, -0.2) is 40.2 Å². The number of fused-ring (bicyclic) bond motifs is 1. The highest BCUT2D eigenvalue weighted by Gasteiger charge is 2.67. The SMILES string of the molecule is CC[C@H](NC(=O)[C@@H]1CCc2ncc(NCc3cccc(C(F)(F)F)c3)c(=O)n21)B1O[C@@H]2C3CC(C[C@]2(C)O1)C3(C)C. The Morgan fingerprint density at radius 3 is 2.78 bits per heavy atom. The first-order chi connectivity index (χ1) is 19.3. The number of carbonyl (C=O) groups is 1. The molecule has 3 aliphatic carbocycles. The molecule has 3 saturated carbocycles. The van der Waals surface area contributed by atoms with Crippen LogP contribution >= 0.6 is 0 Å². The lowest BCUT2D eigenvalue weighted by atomic mass is 9.45. The fourth-order valence-corrected chi connectivity index (χ4v) is 7.39. The van der Waals surface area contributed by atoms with Crippen LogP contribution < -0.4 is 16.2 Å². The van der Waals surface area contributed by atoms with Gasteiger partial charge in [-0.1, -0.05) is 32.9 Å². The van der Waals surface area contributed by atoms with E-state index in [1.54, 1.807) is 6.07 Å². The number of alkyl halides is 3. The van der Waals surface area contributed by atoms with Gasteiger partial charge in [0.15, 0.2) is 0 Å². The average Bonchev–Trinajstić information content (AvgIpc) is 3.52. The minimum Gasteiger partial charge on any atom is -0.404 e. The molecule has 2 aromatic rings. The van der Waals surface area contributed by atoms with Gasteiger partial charge in [-0.05, 0) is 67.6 Å². The summed E-state index contributed by atoms with van der Waals surface area (Å²) in [5.41, 5.74) is -0.835. The fraction of sp³-hybridized carbons (Fsp3) is 0.621. The molecule has 0 spiro atoms. The van der Waals surface area contributed by atoms with Crippen molar-refractivity contribution in [2.75, 3.05) is 5.32 Å². The highest BCUT2D eigenvalue weighted by Crippen LogP contribution is 2.64. The first kappa shape index (κ1) is 28.3. The Morgan fingerprint density at radius 2 is 2.07 bits per heavy atom. The van der Waals surface area contributed by atoms with E-state index in [0.29, 0.717) is 42.5 Å². The maximum Gasteiger partial charge on any atom is 0.481 e. The van der Waals surface area contributed by atoms with Gasteiger partial charge in [-0.3, -0.25) is 14.2 Å². The van der Waals surface area contributed by atoms with Gasteiger partial charge in [0.05, 0.1) is 29.4 Å². The van der Waals surface area contributed by atoms with Crippen molar-refractivity contribution in [1.29, 1.82) is 0 Å². The van der Waals surface area contributed by atoms with Crippen LogP contribution in [0.4, 0.5) is 18.9 Å². The van der Waals surface area contributed by atoms with Crippen molar-refractivity contribution in [1.82, 2.24) is 14.9 Å². The van der Waals surface area contributed by atoms with Gasteiger partial charge in [0.2, 0.25) is 5.91 Å². The molecule has 8 nitrogen and oxygen atoms in total. The lowest BCUT2D eigenvalue weighted by Crippen LogP contribution is -2.63. The number of nitrogens with one attached hydrogen (secondary N) is 2. The lowest BCUT2D eigenvalue weighted by molar-refractivity contribution is -0.185. The molecule has 1 aromatic carbocycles. The number of aryl methyl sites for hydroxylation is 1. The topological polar surface area (TPSA) is 94.5 Å². The van der Waals surface area contributed by atoms with E-state index in [1.165, 1.54) is 16.8 Å². The van der Waals surface area contributed by atoms with Crippen LogP contribution in [0.2, 0.25) is 0 Å². The average molecular weight is 572 g/mol. The molecule has 4 fully saturated rings. The molecule has 220 valence electrons. The molecule has 41 heavy (non-hydrogen) atoms. The van der Waals surface area contributed by atoms with E-state index >= 15 is 0 Å². The molecule has 2 N–H and O–H groups in total. The quantitative estimate of drug-likeness (QED) is 0.474. The molecule has 12 heteroatoms. The maximum absolute atomic E-state index is 13.5. The molecule has 2 unspecified atom stereocenters. The second-order valence-corrected chi connectivity index (χ2v) is 12.8. The third-order valence-corrected chi connectivity index (χ3v) is 9.99. The molecular weight excluding hydrogens is 536 g/mol. The number of carbonyl (C=O) groups excluding carboxylic acids is 1. The van der Waals surface area contributed by atoms with Crippen LogP contribution in [0.25, 0.3) is 0 Å². The zero-order valence-electron chi connectivity index (χ0n) is 23.8. The van der Waals surface area contributed by atoms with E-state index < -0.39 is 30.5 Å². The minimum atomic E-state index is -4.46. The highest BCUT2D eigenvalue weighted by atomic mass is 19.4. The number of amides is 1. The Hall–Kier alpha value is -2.86. The van der Waals surface area contributed by atoms with Crippen LogP contribution in [0, 0.1) is 17.3 Å². The zero-order chi connectivity index (χ0) is 29.3. The Balaban J connectivity index is 1.15. The third kappa shape index (κ3) is 4.76. The van der Waals surface area contributed by atoms with E-state index in [1.807, 2.05) is 6.92 Å². The number of hydrogen-bond acceptors (Lipinski definition) is 6. The predicted octanol–water partition coefficient (Wildman–Crippen LogP) is 4.52. The van der Waals surface area contributed by atoms with E-state index in [-0.39, 0.29) is 41.2 Å². The number of hydrogen-bond donors (Lipinski definition) is 2. The second-order valence-electron chi connectivity index (χ2n) is 12.8. The number of halogens is 3. The van der Waals surface area contributed by atoms with Crippen LogP contribution in [0.5, 0.6) is 0 Å². The summed E-state index contributed by atoms with van der Waals surface area (Å²) in [6.07, 6.45) is 0.486. The van der Waals surface area contributed by atoms with Gasteiger partial charge >= 0.3 is 13.3 Å². The fourth-order valence-electron chi connectivity index (χ4n) is 7.39. The Bertz CT molecular complexity index is 1420. The molecule has 1 aromatic heterocycles. The van der Waals surface area contributed by atoms with E-state index in [2.05, 4.69) is 36.4 Å². The van der Waals surface area contributed by atoms with Crippen LogP contribution in [0.15, 0.2) is 35.3 Å². The highest BCUT2D eigenvalue weighted by molar-refractivity contribution is 6.47. The van der Waals surface area contributed by atoms with Crippen molar-refractivity contribution < 1.29 is 27.3 Å². The Labute approximate surface area is 237 Å². The van der Waals surface area contributed by atoms with E-state index in [4.69, 9.17) is 9.31 Å². The van der Waals surface area contributed by atoms with Crippen LogP contribution in [0.3, 0.4) is 0 Å². The smallest absolute Gasteiger partial charge is 0.404 e. The third-order valence-electron chi connectivity index (χ3n) is 9.99. The molecule has 2 aliphatic heterocycles. The molecule has 1 amide bonds. The molecule has 3 heterocycles.